The molecule has 5 nitrogen and oxygen atoms in total. The van der Waals surface area contributed by atoms with E-state index in [1.807, 2.05) is 6.92 Å². The number of aliphatic hydroxyl groups excluding tert-OH is 2. The zero-order valence-electron chi connectivity index (χ0n) is 10.3. The number of fused-ring (bicyclic) bond motifs is 1. The van der Waals surface area contributed by atoms with Gasteiger partial charge in [-0.05, 0) is 24.8 Å². The normalized spacial score (nSPS) is 28.3. The second-order valence-electron chi connectivity index (χ2n) is 5.41. The zero-order valence-corrected chi connectivity index (χ0v) is 10.3. The standard InChI is InChI=1S/C13H17NO4/c1-8-2-3-18-11(8)12(17)14-4-9-10(5-14)13(9,6-15)7-16/h2-3,9-10,15-16H,4-7H2,1H3. The van der Waals surface area contributed by atoms with E-state index < -0.39 is 0 Å². The fraction of sp³-hybridized carbons (Fsp3) is 0.615. The van der Waals surface area contributed by atoms with E-state index in [1.54, 1.807) is 11.0 Å². The summed E-state index contributed by atoms with van der Waals surface area (Å²) < 4.78 is 5.20. The van der Waals surface area contributed by atoms with Crippen LogP contribution in [0.4, 0.5) is 0 Å². The Balaban J connectivity index is 1.70. The molecule has 0 aromatic carbocycles. The molecule has 3 rings (SSSR count). The molecule has 0 bridgehead atoms. The molecule has 2 N–H and O–H groups in total. The van der Waals surface area contributed by atoms with Crippen LogP contribution in [0.2, 0.25) is 0 Å². The molecule has 1 aliphatic heterocycles. The number of carbonyl (C=O) groups is 1. The Hall–Kier alpha value is -1.33. The maximum atomic E-state index is 12.2. The number of amides is 1. The number of hydrogen-bond donors (Lipinski definition) is 2. The van der Waals surface area contributed by atoms with E-state index in [-0.39, 0.29) is 36.4 Å². The topological polar surface area (TPSA) is 73.9 Å². The number of piperidine rings is 1. The van der Waals surface area contributed by atoms with Gasteiger partial charge >= 0.3 is 0 Å². The highest BCUT2D eigenvalue weighted by Crippen LogP contribution is 2.62. The Kier molecular flexibility index (Phi) is 2.50. The van der Waals surface area contributed by atoms with Crippen LogP contribution in [0.1, 0.15) is 16.1 Å². The zero-order chi connectivity index (χ0) is 12.9. The van der Waals surface area contributed by atoms with Crippen molar-refractivity contribution in [3.8, 4) is 0 Å². The quantitative estimate of drug-likeness (QED) is 0.808. The Morgan fingerprint density at radius 3 is 2.50 bits per heavy atom. The van der Waals surface area contributed by atoms with Crippen LogP contribution in [0, 0.1) is 24.2 Å². The second kappa shape index (κ2) is 3.83. The Bertz CT molecular complexity index is 463. The Morgan fingerprint density at radius 1 is 1.44 bits per heavy atom. The van der Waals surface area contributed by atoms with Crippen molar-refractivity contribution in [2.24, 2.45) is 17.3 Å². The van der Waals surface area contributed by atoms with Gasteiger partial charge < -0.3 is 19.5 Å². The van der Waals surface area contributed by atoms with Crippen molar-refractivity contribution in [3.05, 3.63) is 23.7 Å². The lowest BCUT2D eigenvalue weighted by atomic mass is 10.0. The summed E-state index contributed by atoms with van der Waals surface area (Å²) >= 11 is 0. The van der Waals surface area contributed by atoms with Crippen LogP contribution in [-0.2, 0) is 0 Å². The summed E-state index contributed by atoms with van der Waals surface area (Å²) in [5.74, 6) is 0.766. The third kappa shape index (κ3) is 1.37. The van der Waals surface area contributed by atoms with Gasteiger partial charge in [-0.25, -0.2) is 0 Å². The van der Waals surface area contributed by atoms with Gasteiger partial charge in [0.1, 0.15) is 0 Å². The van der Waals surface area contributed by atoms with E-state index in [9.17, 15) is 15.0 Å². The largest absolute Gasteiger partial charge is 0.459 e. The highest BCUT2D eigenvalue weighted by Gasteiger charge is 2.68. The van der Waals surface area contributed by atoms with Crippen LogP contribution in [0.25, 0.3) is 0 Å². The summed E-state index contributed by atoms with van der Waals surface area (Å²) in [6, 6.07) is 1.77. The molecule has 0 spiro atoms. The molecular weight excluding hydrogens is 234 g/mol. The van der Waals surface area contributed by atoms with Gasteiger partial charge in [0.05, 0.1) is 19.5 Å². The fourth-order valence-corrected chi connectivity index (χ4v) is 3.26. The first kappa shape index (κ1) is 11.7. The maximum absolute atomic E-state index is 12.2. The fourth-order valence-electron chi connectivity index (χ4n) is 3.26. The highest BCUT2D eigenvalue weighted by atomic mass is 16.3. The number of furan rings is 1. The molecule has 1 saturated carbocycles. The third-order valence-electron chi connectivity index (χ3n) is 4.62. The monoisotopic (exact) mass is 251 g/mol. The lowest BCUT2D eigenvalue weighted by Gasteiger charge is -2.23. The van der Waals surface area contributed by atoms with Crippen molar-refractivity contribution in [1.82, 2.24) is 4.90 Å². The molecule has 5 heteroatoms. The number of aliphatic hydroxyl groups is 2. The first-order chi connectivity index (χ1) is 8.64. The van der Waals surface area contributed by atoms with Gasteiger partial charge in [-0.15, -0.1) is 0 Å². The van der Waals surface area contributed by atoms with Crippen LogP contribution in [0.3, 0.4) is 0 Å². The molecule has 1 saturated heterocycles. The molecule has 1 aliphatic carbocycles. The molecule has 2 unspecified atom stereocenters. The first-order valence-electron chi connectivity index (χ1n) is 6.19. The number of rotatable bonds is 3. The molecule has 98 valence electrons. The summed E-state index contributed by atoms with van der Waals surface area (Å²) in [4.78, 5) is 13.9. The SMILES string of the molecule is Cc1ccoc1C(=O)N1CC2C(C1)C2(CO)CO. The molecule has 2 atom stereocenters. The average Bonchev–Trinajstić information content (AvgIpc) is 2.79. The molecule has 2 heterocycles. The number of likely N-dealkylation sites (tertiary alicyclic amines) is 1. The molecule has 1 aromatic heterocycles. The molecule has 1 amide bonds. The number of aryl methyl sites for hydroxylation is 1. The summed E-state index contributed by atoms with van der Waals surface area (Å²) in [6.45, 7) is 3.05. The minimum absolute atomic E-state index is 0.000638. The van der Waals surface area contributed by atoms with Gasteiger partial charge in [0.25, 0.3) is 5.91 Å². The van der Waals surface area contributed by atoms with Gasteiger partial charge in [0.15, 0.2) is 5.76 Å². The number of hydrogen-bond acceptors (Lipinski definition) is 4. The summed E-state index contributed by atoms with van der Waals surface area (Å²) in [5, 5.41) is 18.7. The van der Waals surface area contributed by atoms with Crippen molar-refractivity contribution in [3.63, 3.8) is 0 Å². The van der Waals surface area contributed by atoms with Crippen molar-refractivity contribution < 1.29 is 19.4 Å². The lowest BCUT2D eigenvalue weighted by Crippen LogP contribution is -2.36. The first-order valence-corrected chi connectivity index (χ1v) is 6.19. The summed E-state index contributed by atoms with van der Waals surface area (Å²) in [7, 11) is 0. The van der Waals surface area contributed by atoms with Crippen LogP contribution in [0.15, 0.2) is 16.7 Å². The maximum Gasteiger partial charge on any atom is 0.289 e. The Labute approximate surface area is 105 Å². The van der Waals surface area contributed by atoms with Gasteiger partial charge in [-0.1, -0.05) is 0 Å². The molecule has 18 heavy (non-hydrogen) atoms. The van der Waals surface area contributed by atoms with Crippen LogP contribution in [-0.4, -0.2) is 47.3 Å². The predicted octanol–water partition coefficient (Wildman–Crippen LogP) is 0.261. The van der Waals surface area contributed by atoms with Crippen molar-refractivity contribution in [2.45, 2.75) is 6.92 Å². The van der Waals surface area contributed by atoms with Gasteiger partial charge in [-0.3, -0.25) is 4.79 Å². The lowest BCUT2D eigenvalue weighted by molar-refractivity contribution is 0.0611. The van der Waals surface area contributed by atoms with Gasteiger partial charge in [-0.2, -0.15) is 0 Å². The predicted molar refractivity (Wildman–Crippen MR) is 62.9 cm³/mol. The van der Waals surface area contributed by atoms with Gasteiger partial charge in [0, 0.05) is 24.1 Å². The van der Waals surface area contributed by atoms with E-state index in [4.69, 9.17) is 4.42 Å². The van der Waals surface area contributed by atoms with Crippen LogP contribution < -0.4 is 0 Å². The summed E-state index contributed by atoms with van der Waals surface area (Å²) in [6.07, 6.45) is 1.52. The number of carbonyl (C=O) groups excluding carboxylic acids is 1. The molecule has 2 aliphatic rings. The van der Waals surface area contributed by atoms with E-state index in [2.05, 4.69) is 0 Å². The smallest absolute Gasteiger partial charge is 0.289 e. The molecule has 0 radical (unpaired) electrons. The van der Waals surface area contributed by atoms with E-state index in [0.29, 0.717) is 18.8 Å². The van der Waals surface area contributed by atoms with E-state index in [1.165, 1.54) is 6.26 Å². The van der Waals surface area contributed by atoms with Crippen molar-refractivity contribution >= 4 is 5.91 Å². The van der Waals surface area contributed by atoms with Crippen molar-refractivity contribution in [2.75, 3.05) is 26.3 Å². The van der Waals surface area contributed by atoms with E-state index in [0.717, 1.165) is 5.56 Å². The Morgan fingerprint density at radius 2 is 2.06 bits per heavy atom. The highest BCUT2D eigenvalue weighted by molar-refractivity contribution is 5.93. The third-order valence-corrected chi connectivity index (χ3v) is 4.62. The molecule has 2 fully saturated rings. The minimum atomic E-state index is -0.352. The van der Waals surface area contributed by atoms with Crippen LogP contribution >= 0.6 is 0 Å². The average molecular weight is 251 g/mol. The number of nitrogens with zero attached hydrogens (tertiary/aromatic N) is 1. The van der Waals surface area contributed by atoms with Crippen molar-refractivity contribution in [1.29, 1.82) is 0 Å². The minimum Gasteiger partial charge on any atom is -0.459 e. The molecule has 1 aromatic rings. The van der Waals surface area contributed by atoms with Crippen LogP contribution in [0.5, 0.6) is 0 Å². The summed E-state index contributed by atoms with van der Waals surface area (Å²) in [5.41, 5.74) is 0.491. The molecular formula is C13H17NO4. The van der Waals surface area contributed by atoms with E-state index >= 15 is 0 Å². The second-order valence-corrected chi connectivity index (χ2v) is 5.41. The van der Waals surface area contributed by atoms with Gasteiger partial charge in [0.2, 0.25) is 0 Å².